The standard InChI is InChI=1S/C16H21N3O3S2/c1-4-5-8-18-15(20)13-14(17)19(16(23)24-13)11-9-10(21-2)6-7-12(11)22-3/h6-7,9H,4-5,8,17H2,1-3H3,(H,18,20). The Labute approximate surface area is 150 Å². The quantitative estimate of drug-likeness (QED) is 0.579. The maximum absolute atomic E-state index is 12.3. The molecule has 1 aromatic heterocycles. The lowest BCUT2D eigenvalue weighted by Gasteiger charge is -2.13. The number of nitrogen functional groups attached to an aromatic ring is 1. The molecule has 8 heteroatoms. The second-order valence-corrected chi connectivity index (χ2v) is 6.71. The van der Waals surface area contributed by atoms with Crippen LogP contribution in [0.15, 0.2) is 18.2 Å². The van der Waals surface area contributed by atoms with Gasteiger partial charge in [0.1, 0.15) is 22.2 Å². The number of ether oxygens (including phenoxy) is 2. The molecule has 0 bridgehead atoms. The van der Waals surface area contributed by atoms with Crippen LogP contribution in [0.4, 0.5) is 5.82 Å². The number of nitrogens with one attached hydrogen (secondary N) is 1. The molecule has 130 valence electrons. The van der Waals surface area contributed by atoms with Crippen molar-refractivity contribution in [2.24, 2.45) is 0 Å². The molecule has 1 heterocycles. The largest absolute Gasteiger partial charge is 0.497 e. The Morgan fingerprint density at radius 2 is 2.12 bits per heavy atom. The summed E-state index contributed by atoms with van der Waals surface area (Å²) in [6, 6.07) is 5.33. The fraction of sp³-hybridized carbons (Fsp3) is 0.375. The molecule has 0 saturated heterocycles. The fourth-order valence-corrected chi connectivity index (χ4v) is 3.48. The van der Waals surface area contributed by atoms with Gasteiger partial charge in [-0.2, -0.15) is 0 Å². The van der Waals surface area contributed by atoms with Gasteiger partial charge in [-0.1, -0.05) is 24.7 Å². The van der Waals surface area contributed by atoms with Gasteiger partial charge in [0.25, 0.3) is 5.91 Å². The zero-order valence-corrected chi connectivity index (χ0v) is 15.6. The Bertz CT molecular complexity index is 783. The number of unbranched alkanes of at least 4 members (excludes halogenated alkanes) is 1. The van der Waals surface area contributed by atoms with E-state index in [0.717, 1.165) is 12.8 Å². The molecule has 0 aliphatic rings. The molecule has 0 radical (unpaired) electrons. The zero-order valence-electron chi connectivity index (χ0n) is 13.9. The number of benzene rings is 1. The highest BCUT2D eigenvalue weighted by Gasteiger charge is 2.20. The van der Waals surface area contributed by atoms with E-state index in [2.05, 4.69) is 12.2 Å². The highest BCUT2D eigenvalue weighted by atomic mass is 32.1. The van der Waals surface area contributed by atoms with Crippen molar-refractivity contribution in [1.29, 1.82) is 0 Å². The van der Waals surface area contributed by atoms with Crippen molar-refractivity contribution >= 4 is 35.3 Å². The first-order valence-electron chi connectivity index (χ1n) is 7.55. The van der Waals surface area contributed by atoms with Gasteiger partial charge in [-0.3, -0.25) is 9.36 Å². The highest BCUT2D eigenvalue weighted by Crippen LogP contribution is 2.33. The minimum absolute atomic E-state index is 0.210. The lowest BCUT2D eigenvalue weighted by Crippen LogP contribution is -2.24. The lowest BCUT2D eigenvalue weighted by atomic mass is 10.2. The van der Waals surface area contributed by atoms with Crippen LogP contribution in [0, 0.1) is 3.95 Å². The van der Waals surface area contributed by atoms with E-state index in [9.17, 15) is 4.79 Å². The summed E-state index contributed by atoms with van der Waals surface area (Å²) >= 11 is 6.59. The number of hydrogen-bond acceptors (Lipinski definition) is 6. The van der Waals surface area contributed by atoms with E-state index in [-0.39, 0.29) is 5.91 Å². The van der Waals surface area contributed by atoms with E-state index < -0.39 is 0 Å². The first-order chi connectivity index (χ1) is 11.5. The molecule has 2 rings (SSSR count). The van der Waals surface area contributed by atoms with Crippen molar-refractivity contribution in [1.82, 2.24) is 9.88 Å². The van der Waals surface area contributed by atoms with E-state index in [4.69, 9.17) is 27.4 Å². The molecule has 24 heavy (non-hydrogen) atoms. The van der Waals surface area contributed by atoms with Gasteiger partial charge >= 0.3 is 0 Å². The number of nitrogens with two attached hydrogens (primary N) is 1. The first kappa shape index (κ1) is 18.3. The lowest BCUT2D eigenvalue weighted by molar-refractivity contribution is 0.0957. The topological polar surface area (TPSA) is 78.5 Å². The molecule has 0 aliphatic carbocycles. The summed E-state index contributed by atoms with van der Waals surface area (Å²) in [6.07, 6.45) is 1.93. The van der Waals surface area contributed by atoms with E-state index >= 15 is 0 Å². The maximum Gasteiger partial charge on any atom is 0.265 e. The van der Waals surface area contributed by atoms with Crippen LogP contribution in [0.3, 0.4) is 0 Å². The predicted molar refractivity (Wildman–Crippen MR) is 99.2 cm³/mol. The van der Waals surface area contributed by atoms with Gasteiger partial charge in [0.05, 0.1) is 19.9 Å². The van der Waals surface area contributed by atoms with Gasteiger partial charge in [-0.25, -0.2) is 0 Å². The van der Waals surface area contributed by atoms with Crippen LogP contribution in [0.2, 0.25) is 0 Å². The Hall–Kier alpha value is -2.06. The Balaban J connectivity index is 2.46. The minimum Gasteiger partial charge on any atom is -0.497 e. The Kier molecular flexibility index (Phi) is 6.22. The highest BCUT2D eigenvalue weighted by molar-refractivity contribution is 7.73. The number of nitrogens with zero attached hydrogens (tertiary/aromatic N) is 1. The summed E-state index contributed by atoms with van der Waals surface area (Å²) < 4.78 is 12.7. The molecule has 3 N–H and O–H groups in total. The van der Waals surface area contributed by atoms with Gasteiger partial charge in [0.15, 0.2) is 3.95 Å². The molecule has 6 nitrogen and oxygen atoms in total. The molecule has 0 atom stereocenters. The minimum atomic E-state index is -0.210. The average molecular weight is 367 g/mol. The first-order valence-corrected chi connectivity index (χ1v) is 8.77. The van der Waals surface area contributed by atoms with Crippen LogP contribution in [-0.4, -0.2) is 31.2 Å². The van der Waals surface area contributed by atoms with Crippen molar-refractivity contribution in [3.8, 4) is 17.2 Å². The summed E-state index contributed by atoms with van der Waals surface area (Å²) in [5, 5.41) is 2.86. The number of thiazole rings is 1. The molecule has 2 aromatic rings. The average Bonchev–Trinajstić information content (AvgIpc) is 2.89. The summed E-state index contributed by atoms with van der Waals surface area (Å²) in [7, 11) is 3.14. The van der Waals surface area contributed by atoms with Crippen molar-refractivity contribution in [3.05, 3.63) is 27.0 Å². The van der Waals surface area contributed by atoms with Crippen LogP contribution < -0.4 is 20.5 Å². The molecular weight excluding hydrogens is 346 g/mol. The number of methoxy groups -OCH3 is 2. The van der Waals surface area contributed by atoms with E-state index in [1.54, 1.807) is 37.0 Å². The third kappa shape index (κ3) is 3.70. The van der Waals surface area contributed by atoms with Crippen LogP contribution in [-0.2, 0) is 0 Å². The number of anilines is 1. The normalized spacial score (nSPS) is 10.5. The second kappa shape index (κ2) is 8.16. The summed E-state index contributed by atoms with van der Waals surface area (Å²) in [5.41, 5.74) is 6.85. The second-order valence-electron chi connectivity index (χ2n) is 5.06. The molecule has 0 aliphatic heterocycles. The molecule has 0 spiro atoms. The molecule has 0 saturated carbocycles. The fourth-order valence-electron chi connectivity index (χ4n) is 2.21. The number of amides is 1. The van der Waals surface area contributed by atoms with Crippen LogP contribution in [0.25, 0.3) is 5.69 Å². The summed E-state index contributed by atoms with van der Waals surface area (Å²) in [4.78, 5) is 12.7. The molecule has 1 aromatic carbocycles. The van der Waals surface area contributed by atoms with Crippen LogP contribution >= 0.6 is 23.6 Å². The molecule has 0 fully saturated rings. The number of rotatable bonds is 7. The smallest absolute Gasteiger partial charge is 0.265 e. The Morgan fingerprint density at radius 3 is 2.75 bits per heavy atom. The SMILES string of the molecule is CCCCNC(=O)c1sc(=S)n(-c2cc(OC)ccc2OC)c1N. The molecule has 1 amide bonds. The van der Waals surface area contributed by atoms with Crippen molar-refractivity contribution < 1.29 is 14.3 Å². The Morgan fingerprint density at radius 1 is 1.38 bits per heavy atom. The number of hydrogen-bond donors (Lipinski definition) is 2. The van der Waals surface area contributed by atoms with Crippen molar-refractivity contribution in [3.63, 3.8) is 0 Å². The summed E-state index contributed by atoms with van der Waals surface area (Å²) in [5.74, 6) is 1.32. The number of carbonyl (C=O) groups excluding carboxylic acids is 1. The van der Waals surface area contributed by atoms with Crippen LogP contribution in [0.5, 0.6) is 11.5 Å². The van der Waals surface area contributed by atoms with Gasteiger partial charge in [0.2, 0.25) is 0 Å². The maximum atomic E-state index is 12.3. The third-order valence-corrected chi connectivity index (χ3v) is 4.88. The van der Waals surface area contributed by atoms with Gasteiger partial charge in [-0.05, 0) is 30.8 Å². The van der Waals surface area contributed by atoms with Crippen molar-refractivity contribution in [2.75, 3.05) is 26.5 Å². The molecule has 0 unspecified atom stereocenters. The summed E-state index contributed by atoms with van der Waals surface area (Å²) in [6.45, 7) is 2.68. The van der Waals surface area contributed by atoms with E-state index in [0.29, 0.717) is 38.4 Å². The zero-order chi connectivity index (χ0) is 17.7. The van der Waals surface area contributed by atoms with Gasteiger partial charge in [0, 0.05) is 12.6 Å². The predicted octanol–water partition coefficient (Wildman–Crippen LogP) is 3.40. The van der Waals surface area contributed by atoms with Crippen LogP contribution in [0.1, 0.15) is 29.4 Å². The van der Waals surface area contributed by atoms with Gasteiger partial charge in [-0.15, -0.1) is 0 Å². The number of aromatic nitrogens is 1. The van der Waals surface area contributed by atoms with Crippen molar-refractivity contribution in [2.45, 2.75) is 19.8 Å². The third-order valence-electron chi connectivity index (χ3n) is 3.49. The van der Waals surface area contributed by atoms with Gasteiger partial charge < -0.3 is 20.5 Å². The van der Waals surface area contributed by atoms with E-state index in [1.807, 2.05) is 0 Å². The molecular formula is C16H21N3O3S2. The van der Waals surface area contributed by atoms with E-state index in [1.165, 1.54) is 11.3 Å². The monoisotopic (exact) mass is 367 g/mol. The number of carbonyl (C=O) groups is 1.